The molecule has 7 heteroatoms. The van der Waals surface area contributed by atoms with E-state index >= 15 is 0 Å². The summed E-state index contributed by atoms with van der Waals surface area (Å²) in [7, 11) is 1.85. The molecule has 2 rings (SSSR count). The topological polar surface area (TPSA) is 113 Å². The highest BCUT2D eigenvalue weighted by atomic mass is 16.4. The number of amides is 2. The van der Waals surface area contributed by atoms with Crippen LogP contribution in [0, 0.1) is 11.8 Å². The summed E-state index contributed by atoms with van der Waals surface area (Å²) in [5, 5.41) is 11.4. The van der Waals surface area contributed by atoms with E-state index in [1.807, 2.05) is 11.9 Å². The van der Waals surface area contributed by atoms with Crippen LogP contribution in [0.3, 0.4) is 0 Å². The number of aliphatic carboxylic acids is 1. The van der Waals surface area contributed by atoms with Gasteiger partial charge in [-0.3, -0.25) is 14.4 Å². The molecule has 0 unspecified atom stereocenters. The summed E-state index contributed by atoms with van der Waals surface area (Å²) in [4.78, 5) is 36.9. The lowest BCUT2D eigenvalue weighted by molar-refractivity contribution is -0.138. The van der Waals surface area contributed by atoms with Gasteiger partial charge in [-0.05, 0) is 57.3 Å². The van der Waals surface area contributed by atoms with Crippen molar-refractivity contribution >= 4 is 17.8 Å². The van der Waals surface area contributed by atoms with Gasteiger partial charge < -0.3 is 21.1 Å². The number of carboxylic acid groups (broad SMARTS) is 1. The fraction of sp³-hybridized carbons (Fsp3) is 0.833. The third-order valence-corrected chi connectivity index (χ3v) is 5.77. The average Bonchev–Trinajstić information content (AvgIpc) is 2.55. The van der Waals surface area contributed by atoms with Gasteiger partial charge in [0.2, 0.25) is 11.8 Å². The molecule has 0 aromatic rings. The summed E-state index contributed by atoms with van der Waals surface area (Å²) in [6.07, 6.45) is 6.91. The monoisotopic (exact) mass is 353 g/mol. The predicted octanol–water partition coefficient (Wildman–Crippen LogP) is 1.11. The van der Waals surface area contributed by atoms with Crippen molar-refractivity contribution in [3.63, 3.8) is 0 Å². The average molecular weight is 353 g/mol. The van der Waals surface area contributed by atoms with Crippen molar-refractivity contribution in [1.29, 1.82) is 0 Å². The van der Waals surface area contributed by atoms with Gasteiger partial charge in [0.25, 0.3) is 0 Å². The number of likely N-dealkylation sites (N-methyl/N-ethyl adjacent to an activating group) is 1. The first-order valence-electron chi connectivity index (χ1n) is 9.42. The molecule has 4 N–H and O–H groups in total. The molecule has 0 aromatic heterocycles. The van der Waals surface area contributed by atoms with Crippen molar-refractivity contribution in [3.05, 3.63) is 0 Å². The van der Waals surface area contributed by atoms with Gasteiger partial charge in [-0.2, -0.15) is 0 Å². The number of nitrogens with zero attached hydrogens (tertiary/aromatic N) is 1. The largest absolute Gasteiger partial charge is 0.481 e. The van der Waals surface area contributed by atoms with Gasteiger partial charge in [0.15, 0.2) is 0 Å². The van der Waals surface area contributed by atoms with Gasteiger partial charge in [0.05, 0.1) is 6.04 Å². The molecule has 0 radical (unpaired) electrons. The molecular formula is C18H31N3O4. The minimum Gasteiger partial charge on any atom is -0.481 e. The zero-order valence-electron chi connectivity index (χ0n) is 15.1. The van der Waals surface area contributed by atoms with Crippen molar-refractivity contribution in [3.8, 4) is 0 Å². The Morgan fingerprint density at radius 3 is 2.32 bits per heavy atom. The zero-order chi connectivity index (χ0) is 18.4. The Morgan fingerprint density at radius 2 is 1.80 bits per heavy atom. The summed E-state index contributed by atoms with van der Waals surface area (Å²) >= 11 is 0. The van der Waals surface area contributed by atoms with Crippen LogP contribution in [0.2, 0.25) is 0 Å². The first kappa shape index (κ1) is 19.7. The van der Waals surface area contributed by atoms with Gasteiger partial charge in [-0.15, -0.1) is 0 Å². The number of hydrogen-bond acceptors (Lipinski definition) is 4. The number of carbonyl (C=O) groups excluding carboxylic acids is 2. The number of carboxylic acids is 1. The maximum Gasteiger partial charge on any atom is 0.303 e. The van der Waals surface area contributed by atoms with Crippen molar-refractivity contribution in [2.75, 3.05) is 13.6 Å². The Morgan fingerprint density at radius 1 is 1.16 bits per heavy atom. The Balaban J connectivity index is 1.70. The summed E-state index contributed by atoms with van der Waals surface area (Å²) in [6.45, 7) is 0.398. The molecule has 2 aliphatic carbocycles. The number of nitrogens with one attached hydrogen (secondary N) is 1. The molecule has 2 amide bonds. The smallest absolute Gasteiger partial charge is 0.303 e. The molecule has 0 spiro atoms. The molecule has 142 valence electrons. The van der Waals surface area contributed by atoms with Crippen LogP contribution in [0.25, 0.3) is 0 Å². The van der Waals surface area contributed by atoms with Crippen LogP contribution in [-0.2, 0) is 14.4 Å². The zero-order valence-corrected chi connectivity index (χ0v) is 15.1. The molecule has 0 aromatic carbocycles. The molecular weight excluding hydrogens is 322 g/mol. The van der Waals surface area contributed by atoms with Crippen molar-refractivity contribution in [1.82, 2.24) is 10.2 Å². The number of carbonyl (C=O) groups is 3. The summed E-state index contributed by atoms with van der Waals surface area (Å²) in [5.41, 5.74) is 6.21. The maximum absolute atomic E-state index is 12.5. The highest BCUT2D eigenvalue weighted by Crippen LogP contribution is 2.32. The van der Waals surface area contributed by atoms with Crippen LogP contribution in [-0.4, -0.2) is 53.5 Å². The van der Waals surface area contributed by atoms with Crippen LogP contribution in [0.1, 0.15) is 57.8 Å². The van der Waals surface area contributed by atoms with E-state index in [2.05, 4.69) is 5.32 Å². The lowest BCUT2D eigenvalue weighted by Gasteiger charge is -2.38. The van der Waals surface area contributed by atoms with E-state index in [-0.39, 0.29) is 30.1 Å². The Kier molecular flexibility index (Phi) is 7.23. The fourth-order valence-electron chi connectivity index (χ4n) is 3.73. The van der Waals surface area contributed by atoms with Crippen molar-refractivity contribution < 1.29 is 19.5 Å². The maximum atomic E-state index is 12.5. The predicted molar refractivity (Wildman–Crippen MR) is 93.7 cm³/mol. The first-order valence-corrected chi connectivity index (χ1v) is 9.42. The second-order valence-electron chi connectivity index (χ2n) is 7.46. The van der Waals surface area contributed by atoms with E-state index in [9.17, 15) is 14.4 Å². The number of nitrogens with two attached hydrogens (primary N) is 1. The summed E-state index contributed by atoms with van der Waals surface area (Å²) in [5.74, 6) is -0.722. The molecule has 0 aliphatic heterocycles. The molecule has 0 heterocycles. The molecule has 0 bridgehead atoms. The fourth-order valence-corrected chi connectivity index (χ4v) is 3.73. The molecule has 7 nitrogen and oxygen atoms in total. The van der Waals surface area contributed by atoms with Gasteiger partial charge in [-0.1, -0.05) is 0 Å². The molecule has 2 saturated carbocycles. The summed E-state index contributed by atoms with van der Waals surface area (Å²) in [6, 6.07) is -0.114. The molecule has 2 aliphatic rings. The molecule has 25 heavy (non-hydrogen) atoms. The van der Waals surface area contributed by atoms with Crippen LogP contribution >= 0.6 is 0 Å². The van der Waals surface area contributed by atoms with Crippen LogP contribution in [0.5, 0.6) is 0 Å². The van der Waals surface area contributed by atoms with Crippen molar-refractivity contribution in [2.45, 2.75) is 69.9 Å². The molecule has 1 atom stereocenters. The Hall–Kier alpha value is -1.63. The summed E-state index contributed by atoms with van der Waals surface area (Å²) < 4.78 is 0. The van der Waals surface area contributed by atoms with E-state index in [1.165, 1.54) is 6.42 Å². The molecule has 2 fully saturated rings. The minimum atomic E-state index is -0.847. The van der Waals surface area contributed by atoms with Gasteiger partial charge in [0, 0.05) is 32.0 Å². The number of rotatable bonds is 8. The Labute approximate surface area is 149 Å². The van der Waals surface area contributed by atoms with E-state index in [4.69, 9.17) is 10.8 Å². The second-order valence-corrected chi connectivity index (χ2v) is 7.46. The van der Waals surface area contributed by atoms with E-state index < -0.39 is 12.0 Å². The normalized spacial score (nSPS) is 24.9. The van der Waals surface area contributed by atoms with E-state index in [0.717, 1.165) is 38.5 Å². The van der Waals surface area contributed by atoms with Crippen LogP contribution < -0.4 is 11.1 Å². The third-order valence-electron chi connectivity index (χ3n) is 5.77. The Bertz CT molecular complexity index is 485. The molecule has 0 saturated heterocycles. The van der Waals surface area contributed by atoms with Crippen molar-refractivity contribution in [2.24, 2.45) is 17.6 Å². The third kappa shape index (κ3) is 5.42. The van der Waals surface area contributed by atoms with Crippen LogP contribution in [0.4, 0.5) is 0 Å². The SMILES string of the molecule is CN(C(=O)[C@@H](N)C1CCC(C(=O)NCCCC(=O)O)CC1)C1CCC1. The quantitative estimate of drug-likeness (QED) is 0.566. The second kappa shape index (κ2) is 9.17. The van der Waals surface area contributed by atoms with Gasteiger partial charge in [0.1, 0.15) is 0 Å². The van der Waals surface area contributed by atoms with Gasteiger partial charge in [-0.25, -0.2) is 0 Å². The number of hydrogen-bond donors (Lipinski definition) is 3. The minimum absolute atomic E-state index is 0.00433. The lowest BCUT2D eigenvalue weighted by Crippen LogP contribution is -2.52. The van der Waals surface area contributed by atoms with E-state index in [0.29, 0.717) is 19.0 Å². The highest BCUT2D eigenvalue weighted by Gasteiger charge is 2.35. The first-order chi connectivity index (χ1) is 11.9. The lowest BCUT2D eigenvalue weighted by atomic mass is 9.77. The highest BCUT2D eigenvalue weighted by molar-refractivity contribution is 5.82. The van der Waals surface area contributed by atoms with Gasteiger partial charge >= 0.3 is 5.97 Å². The van der Waals surface area contributed by atoms with Crippen LogP contribution in [0.15, 0.2) is 0 Å². The standard InChI is InChI=1S/C18H31N3O4/c1-21(14-4-2-5-14)18(25)16(19)12-7-9-13(10-8-12)17(24)20-11-3-6-15(22)23/h12-14,16H,2-11,19H2,1H3,(H,20,24)(H,22,23)/t12?,13?,16-/m0/s1. The van der Waals surface area contributed by atoms with E-state index in [1.54, 1.807) is 0 Å².